The molecule has 0 unspecified atom stereocenters. The number of nitrogens with zero attached hydrogens (tertiary/aromatic N) is 1. The lowest BCUT2D eigenvalue weighted by Gasteiger charge is -1.95. The summed E-state index contributed by atoms with van der Waals surface area (Å²) in [6, 6.07) is 7.04. The normalized spacial score (nSPS) is 10.1. The lowest BCUT2D eigenvalue weighted by molar-refractivity contribution is 0.171. The van der Waals surface area contributed by atoms with Gasteiger partial charge in [-0.05, 0) is 17.7 Å². The molecule has 1 rings (SSSR count). The van der Waals surface area contributed by atoms with Gasteiger partial charge in [0.2, 0.25) is 0 Å². The van der Waals surface area contributed by atoms with E-state index in [2.05, 4.69) is 15.3 Å². The topological polar surface area (TPSA) is 50.7 Å². The molecule has 0 aliphatic heterocycles. The monoisotopic (exact) mass is 212 g/mol. The van der Waals surface area contributed by atoms with E-state index in [-0.39, 0.29) is 0 Å². The number of ether oxygens (including phenoxy) is 1. The maximum atomic E-state index is 10.6. The second-order valence-electron chi connectivity index (χ2n) is 2.41. The van der Waals surface area contributed by atoms with Crippen molar-refractivity contribution >= 4 is 23.9 Å². The summed E-state index contributed by atoms with van der Waals surface area (Å²) in [6.07, 6.45) is 0.892. The molecular formula is C9H9ClN2O2. The largest absolute Gasteiger partial charge is 0.452 e. The Hall–Kier alpha value is -1.55. The van der Waals surface area contributed by atoms with Crippen molar-refractivity contribution in [2.24, 2.45) is 5.10 Å². The molecule has 0 saturated heterocycles. The zero-order valence-corrected chi connectivity index (χ0v) is 8.28. The predicted octanol–water partition coefficient (Wildman–Crippen LogP) is 2.03. The molecule has 0 radical (unpaired) electrons. The fraction of sp³-hybridized carbons (Fsp3) is 0.111. The molecule has 74 valence electrons. The maximum Gasteiger partial charge on any atom is 0.427 e. The number of halogens is 1. The number of carbonyl (C=O) groups excluding carboxylic acids is 1. The molecular weight excluding hydrogens is 204 g/mol. The van der Waals surface area contributed by atoms with Crippen LogP contribution in [-0.2, 0) is 4.74 Å². The van der Waals surface area contributed by atoms with Crippen molar-refractivity contribution in [3.8, 4) is 0 Å². The van der Waals surface area contributed by atoms with Crippen LogP contribution in [0.2, 0.25) is 5.02 Å². The molecule has 0 atom stereocenters. The van der Waals surface area contributed by atoms with Crippen LogP contribution in [0.5, 0.6) is 0 Å². The van der Waals surface area contributed by atoms with Gasteiger partial charge in [0, 0.05) is 5.02 Å². The standard InChI is InChI=1S/C9H9ClN2O2/c1-14-9(13)12-11-6-7-2-4-8(10)5-3-7/h2-6H,1H3,(H,12,13). The number of hydrazone groups is 1. The van der Waals surface area contributed by atoms with Crippen LogP contribution in [0.3, 0.4) is 0 Å². The first-order valence-corrected chi connectivity index (χ1v) is 4.23. The smallest absolute Gasteiger partial charge is 0.427 e. The van der Waals surface area contributed by atoms with E-state index in [1.54, 1.807) is 24.3 Å². The molecule has 14 heavy (non-hydrogen) atoms. The van der Waals surface area contributed by atoms with Crippen LogP contribution in [0.1, 0.15) is 5.56 Å². The number of hydrogen-bond donors (Lipinski definition) is 1. The summed E-state index contributed by atoms with van der Waals surface area (Å²) < 4.78 is 4.32. The molecule has 5 heteroatoms. The molecule has 0 aromatic heterocycles. The second-order valence-corrected chi connectivity index (χ2v) is 2.85. The second kappa shape index (κ2) is 5.24. The molecule has 0 heterocycles. The fourth-order valence-corrected chi connectivity index (χ4v) is 0.880. The van der Waals surface area contributed by atoms with Crippen LogP contribution in [-0.4, -0.2) is 19.4 Å². The van der Waals surface area contributed by atoms with Crippen LogP contribution in [0.15, 0.2) is 29.4 Å². The average molecular weight is 213 g/mol. The Labute approximate surface area is 86.5 Å². The van der Waals surface area contributed by atoms with Gasteiger partial charge in [0.1, 0.15) is 0 Å². The van der Waals surface area contributed by atoms with Gasteiger partial charge in [0.05, 0.1) is 13.3 Å². The van der Waals surface area contributed by atoms with Crippen molar-refractivity contribution in [1.82, 2.24) is 5.43 Å². The minimum atomic E-state index is -0.602. The van der Waals surface area contributed by atoms with Crippen molar-refractivity contribution in [2.45, 2.75) is 0 Å². The summed E-state index contributed by atoms with van der Waals surface area (Å²) in [6.45, 7) is 0. The molecule has 4 nitrogen and oxygen atoms in total. The number of amides is 1. The van der Waals surface area contributed by atoms with Gasteiger partial charge in [-0.3, -0.25) is 0 Å². The Balaban J connectivity index is 2.52. The van der Waals surface area contributed by atoms with Crippen LogP contribution in [0, 0.1) is 0 Å². The highest BCUT2D eigenvalue weighted by Gasteiger charge is 1.92. The molecule has 0 bridgehead atoms. The Morgan fingerprint density at radius 3 is 2.71 bits per heavy atom. The van der Waals surface area contributed by atoms with Crippen molar-refractivity contribution in [3.63, 3.8) is 0 Å². The van der Waals surface area contributed by atoms with Gasteiger partial charge in [-0.25, -0.2) is 10.2 Å². The van der Waals surface area contributed by atoms with Crippen molar-refractivity contribution in [2.75, 3.05) is 7.11 Å². The summed E-state index contributed by atoms with van der Waals surface area (Å²) in [4.78, 5) is 10.6. The molecule has 1 N–H and O–H groups in total. The van der Waals surface area contributed by atoms with Gasteiger partial charge in [-0.1, -0.05) is 23.7 Å². The lowest BCUT2D eigenvalue weighted by atomic mass is 10.2. The Morgan fingerprint density at radius 1 is 1.50 bits per heavy atom. The van der Waals surface area contributed by atoms with Crippen molar-refractivity contribution < 1.29 is 9.53 Å². The molecule has 1 amide bonds. The highest BCUT2D eigenvalue weighted by atomic mass is 35.5. The number of methoxy groups -OCH3 is 1. The molecule has 1 aromatic rings. The first kappa shape index (κ1) is 10.5. The number of carbonyl (C=O) groups is 1. The van der Waals surface area contributed by atoms with E-state index in [9.17, 15) is 4.79 Å². The average Bonchev–Trinajstić information content (AvgIpc) is 2.21. The third kappa shape index (κ3) is 3.45. The van der Waals surface area contributed by atoms with Crippen LogP contribution >= 0.6 is 11.6 Å². The van der Waals surface area contributed by atoms with Crippen molar-refractivity contribution in [1.29, 1.82) is 0 Å². The summed E-state index contributed by atoms with van der Waals surface area (Å²) >= 11 is 5.68. The first-order chi connectivity index (χ1) is 6.72. The van der Waals surface area contributed by atoms with E-state index in [1.807, 2.05) is 0 Å². The maximum absolute atomic E-state index is 10.6. The van der Waals surface area contributed by atoms with E-state index in [0.717, 1.165) is 5.56 Å². The molecule has 1 aromatic carbocycles. The molecule has 0 aliphatic rings. The van der Waals surface area contributed by atoms with Crippen LogP contribution in [0.4, 0.5) is 4.79 Å². The van der Waals surface area contributed by atoms with Crippen molar-refractivity contribution in [3.05, 3.63) is 34.9 Å². The molecule has 0 aliphatic carbocycles. The molecule has 0 saturated carbocycles. The zero-order valence-electron chi connectivity index (χ0n) is 7.53. The van der Waals surface area contributed by atoms with E-state index in [1.165, 1.54) is 13.3 Å². The Morgan fingerprint density at radius 2 is 2.14 bits per heavy atom. The number of nitrogens with one attached hydrogen (secondary N) is 1. The summed E-state index contributed by atoms with van der Waals surface area (Å²) in [5.74, 6) is 0. The first-order valence-electron chi connectivity index (χ1n) is 3.85. The fourth-order valence-electron chi connectivity index (χ4n) is 0.754. The third-order valence-corrected chi connectivity index (χ3v) is 1.68. The molecule has 0 spiro atoms. The highest BCUT2D eigenvalue weighted by Crippen LogP contribution is 2.07. The Bertz CT molecular complexity index is 335. The zero-order chi connectivity index (χ0) is 10.4. The van der Waals surface area contributed by atoms with Gasteiger partial charge in [0.25, 0.3) is 0 Å². The number of rotatable bonds is 2. The highest BCUT2D eigenvalue weighted by molar-refractivity contribution is 6.30. The number of benzene rings is 1. The number of hydrogen-bond acceptors (Lipinski definition) is 3. The minimum Gasteiger partial charge on any atom is -0.452 e. The Kier molecular flexibility index (Phi) is 3.94. The van der Waals surface area contributed by atoms with Gasteiger partial charge >= 0.3 is 6.09 Å². The van der Waals surface area contributed by atoms with Gasteiger partial charge in [0.15, 0.2) is 0 Å². The summed E-state index contributed by atoms with van der Waals surface area (Å²) in [7, 11) is 1.27. The van der Waals surface area contributed by atoms with Gasteiger partial charge in [-0.15, -0.1) is 0 Å². The third-order valence-electron chi connectivity index (χ3n) is 1.42. The quantitative estimate of drug-likeness (QED) is 0.603. The minimum absolute atomic E-state index is 0.602. The summed E-state index contributed by atoms with van der Waals surface area (Å²) in [5.41, 5.74) is 3.01. The summed E-state index contributed by atoms with van der Waals surface area (Å²) in [5, 5.41) is 4.31. The van der Waals surface area contributed by atoms with Gasteiger partial charge in [-0.2, -0.15) is 5.10 Å². The van der Waals surface area contributed by atoms with E-state index in [4.69, 9.17) is 11.6 Å². The van der Waals surface area contributed by atoms with E-state index < -0.39 is 6.09 Å². The van der Waals surface area contributed by atoms with Gasteiger partial charge < -0.3 is 4.74 Å². The van der Waals surface area contributed by atoms with Crippen LogP contribution in [0.25, 0.3) is 0 Å². The molecule has 0 fully saturated rings. The predicted molar refractivity (Wildman–Crippen MR) is 54.6 cm³/mol. The van der Waals surface area contributed by atoms with E-state index >= 15 is 0 Å². The SMILES string of the molecule is COC(=O)NN=Cc1ccc(Cl)cc1. The van der Waals surface area contributed by atoms with E-state index in [0.29, 0.717) is 5.02 Å². The lowest BCUT2D eigenvalue weighted by Crippen LogP contribution is -2.16. The van der Waals surface area contributed by atoms with Crippen LogP contribution < -0.4 is 5.43 Å².